The lowest BCUT2D eigenvalue weighted by Crippen LogP contribution is -2.57. The monoisotopic (exact) mass is 493 g/mol. The van der Waals surface area contributed by atoms with Gasteiger partial charge < -0.3 is 37.1 Å². The van der Waals surface area contributed by atoms with Gasteiger partial charge >= 0.3 is 5.97 Å². The number of imidazole rings is 1. The Hall–Kier alpha value is -2.99. The third-order valence-electron chi connectivity index (χ3n) is 5.89. The molecule has 0 saturated carbocycles. The number of aromatic amines is 1. The zero-order chi connectivity index (χ0) is 25.8. The molecule has 8 N–H and O–H groups in total. The van der Waals surface area contributed by atoms with Crippen molar-refractivity contribution >= 4 is 23.7 Å². The number of amides is 3. The molecule has 0 bridgehead atoms. The lowest BCUT2D eigenvalue weighted by molar-refractivity contribution is -0.142. The van der Waals surface area contributed by atoms with E-state index in [-0.39, 0.29) is 30.7 Å². The van der Waals surface area contributed by atoms with Crippen molar-refractivity contribution in [3.05, 3.63) is 18.2 Å². The highest BCUT2D eigenvalue weighted by Crippen LogP contribution is 2.11. The molecule has 1 fully saturated rings. The van der Waals surface area contributed by atoms with E-state index in [1.165, 1.54) is 12.5 Å². The Morgan fingerprint density at radius 1 is 1.11 bits per heavy atom. The molecule has 1 saturated heterocycles. The van der Waals surface area contributed by atoms with Gasteiger partial charge in [-0.15, -0.1) is 0 Å². The predicted molar refractivity (Wildman–Crippen MR) is 129 cm³/mol. The third-order valence-corrected chi connectivity index (χ3v) is 5.89. The maximum Gasteiger partial charge on any atom is 0.326 e. The fourth-order valence-corrected chi connectivity index (χ4v) is 4.01. The minimum absolute atomic E-state index is 0.0188. The molecule has 1 aliphatic rings. The standard InChI is InChI=1S/C23H39N7O5/c1-14(2)10-18(29-20(31)16-7-5-9-26-16)22(33)28-17(6-3-4-8-24)21(32)30-19(23(34)35)11-15-12-25-13-27-15/h12-14,16-19,26H,3-11,24H2,1-2H3,(H,25,27)(H,28,33)(H,29,31)(H,30,32)(H,34,35). The molecule has 3 amide bonds. The molecule has 0 aliphatic carbocycles. The van der Waals surface area contributed by atoms with Gasteiger partial charge in [0.25, 0.3) is 0 Å². The Morgan fingerprint density at radius 3 is 2.40 bits per heavy atom. The molecular formula is C23H39N7O5. The van der Waals surface area contributed by atoms with Crippen molar-refractivity contribution in [2.24, 2.45) is 11.7 Å². The largest absolute Gasteiger partial charge is 0.480 e. The van der Waals surface area contributed by atoms with Crippen molar-refractivity contribution in [3.8, 4) is 0 Å². The number of hydrogen-bond acceptors (Lipinski definition) is 7. The van der Waals surface area contributed by atoms with Crippen LogP contribution in [-0.4, -0.2) is 76.0 Å². The summed E-state index contributed by atoms with van der Waals surface area (Å²) in [4.78, 5) is 57.3. The number of carboxylic acids is 1. The molecule has 2 rings (SSSR count). The number of nitrogens with zero attached hydrogens (tertiary/aromatic N) is 1. The van der Waals surface area contributed by atoms with Crippen LogP contribution < -0.4 is 27.0 Å². The van der Waals surface area contributed by atoms with E-state index in [9.17, 15) is 24.3 Å². The summed E-state index contributed by atoms with van der Waals surface area (Å²) < 4.78 is 0. The van der Waals surface area contributed by atoms with Crippen LogP contribution in [0.15, 0.2) is 12.5 Å². The van der Waals surface area contributed by atoms with Crippen molar-refractivity contribution in [3.63, 3.8) is 0 Å². The number of carboxylic acid groups (broad SMARTS) is 1. The summed E-state index contributed by atoms with van der Waals surface area (Å²) in [6.45, 7) is 5.07. The van der Waals surface area contributed by atoms with Gasteiger partial charge in [0.15, 0.2) is 0 Å². The first-order valence-electron chi connectivity index (χ1n) is 12.3. The van der Waals surface area contributed by atoms with E-state index in [1.54, 1.807) is 0 Å². The topological polar surface area (TPSA) is 191 Å². The van der Waals surface area contributed by atoms with Gasteiger partial charge in [-0.25, -0.2) is 9.78 Å². The predicted octanol–water partition coefficient (Wildman–Crippen LogP) is -0.582. The second kappa shape index (κ2) is 14.4. The molecule has 1 aliphatic heterocycles. The van der Waals surface area contributed by atoms with E-state index >= 15 is 0 Å². The van der Waals surface area contributed by atoms with E-state index < -0.39 is 35.9 Å². The Bertz CT molecular complexity index is 824. The van der Waals surface area contributed by atoms with Crippen LogP contribution in [0.4, 0.5) is 0 Å². The van der Waals surface area contributed by atoms with Crippen molar-refractivity contribution < 1.29 is 24.3 Å². The fraction of sp³-hybridized carbons (Fsp3) is 0.696. The van der Waals surface area contributed by atoms with Crippen molar-refractivity contribution in [2.45, 2.75) is 83.0 Å². The van der Waals surface area contributed by atoms with Crippen LogP contribution in [-0.2, 0) is 25.6 Å². The molecule has 12 heteroatoms. The molecule has 196 valence electrons. The minimum Gasteiger partial charge on any atom is -0.480 e. The number of hydrogen-bond donors (Lipinski definition) is 7. The lowest BCUT2D eigenvalue weighted by Gasteiger charge is -2.26. The zero-order valence-corrected chi connectivity index (χ0v) is 20.5. The normalized spacial score (nSPS) is 18.0. The first kappa shape index (κ1) is 28.2. The van der Waals surface area contributed by atoms with Gasteiger partial charge in [-0.2, -0.15) is 0 Å². The molecule has 4 atom stereocenters. The van der Waals surface area contributed by atoms with Gasteiger partial charge in [-0.3, -0.25) is 14.4 Å². The van der Waals surface area contributed by atoms with E-state index in [4.69, 9.17) is 5.73 Å². The number of H-pyrrole nitrogens is 1. The first-order chi connectivity index (χ1) is 16.7. The lowest BCUT2D eigenvalue weighted by atomic mass is 10.0. The minimum atomic E-state index is -1.20. The highest BCUT2D eigenvalue weighted by atomic mass is 16.4. The summed E-state index contributed by atoms with van der Waals surface area (Å²) in [7, 11) is 0. The summed E-state index contributed by atoms with van der Waals surface area (Å²) in [5.74, 6) is -2.39. The number of rotatable bonds is 15. The number of carbonyl (C=O) groups excluding carboxylic acids is 3. The first-order valence-corrected chi connectivity index (χ1v) is 12.3. The molecule has 2 heterocycles. The second-order valence-electron chi connectivity index (χ2n) is 9.37. The summed E-state index contributed by atoms with van der Waals surface area (Å²) in [6, 6.07) is -3.31. The SMILES string of the molecule is CC(C)CC(NC(=O)C1CCCN1)C(=O)NC(CCCCN)C(=O)NC(Cc1cnc[nH]1)C(=O)O. The van der Waals surface area contributed by atoms with E-state index in [0.29, 0.717) is 37.9 Å². The zero-order valence-electron chi connectivity index (χ0n) is 20.5. The van der Waals surface area contributed by atoms with Gasteiger partial charge in [-0.1, -0.05) is 13.8 Å². The smallest absolute Gasteiger partial charge is 0.326 e. The van der Waals surface area contributed by atoms with Crippen LogP contribution in [0.3, 0.4) is 0 Å². The number of aliphatic carboxylic acids is 1. The van der Waals surface area contributed by atoms with Crippen molar-refractivity contribution in [1.29, 1.82) is 0 Å². The van der Waals surface area contributed by atoms with Gasteiger partial charge in [0, 0.05) is 18.3 Å². The average molecular weight is 494 g/mol. The molecule has 0 spiro atoms. The van der Waals surface area contributed by atoms with Crippen LogP contribution in [0.2, 0.25) is 0 Å². The maximum absolute atomic E-state index is 13.2. The Kier molecular flexibility index (Phi) is 11.6. The summed E-state index contributed by atoms with van der Waals surface area (Å²) in [5.41, 5.74) is 6.13. The van der Waals surface area contributed by atoms with Crippen LogP contribution >= 0.6 is 0 Å². The number of carbonyl (C=O) groups is 4. The highest BCUT2D eigenvalue weighted by Gasteiger charge is 2.31. The van der Waals surface area contributed by atoms with Gasteiger partial charge in [0.1, 0.15) is 18.1 Å². The molecule has 0 radical (unpaired) electrons. The van der Waals surface area contributed by atoms with Crippen LogP contribution in [0.25, 0.3) is 0 Å². The van der Waals surface area contributed by atoms with Gasteiger partial charge in [0.05, 0.1) is 12.4 Å². The van der Waals surface area contributed by atoms with Gasteiger partial charge in [0.2, 0.25) is 17.7 Å². The molecule has 1 aromatic rings. The summed E-state index contributed by atoms with van der Waals surface area (Å²) in [5, 5.41) is 20.8. The Labute approximate surface area is 205 Å². The number of aromatic nitrogens is 2. The summed E-state index contributed by atoms with van der Waals surface area (Å²) in [6.07, 6.45) is 6.44. The highest BCUT2D eigenvalue weighted by molar-refractivity contribution is 5.94. The quantitative estimate of drug-likeness (QED) is 0.158. The van der Waals surface area contributed by atoms with Crippen LogP contribution in [0.5, 0.6) is 0 Å². The van der Waals surface area contributed by atoms with E-state index in [2.05, 4.69) is 31.2 Å². The van der Waals surface area contributed by atoms with Crippen LogP contribution in [0.1, 0.15) is 58.1 Å². The Morgan fingerprint density at radius 2 is 1.83 bits per heavy atom. The van der Waals surface area contributed by atoms with E-state index in [1.807, 2.05) is 13.8 Å². The maximum atomic E-state index is 13.2. The van der Waals surface area contributed by atoms with E-state index in [0.717, 1.165) is 13.0 Å². The summed E-state index contributed by atoms with van der Waals surface area (Å²) >= 11 is 0. The van der Waals surface area contributed by atoms with Gasteiger partial charge in [-0.05, 0) is 57.5 Å². The molecule has 1 aromatic heterocycles. The van der Waals surface area contributed by atoms with Crippen molar-refractivity contribution in [2.75, 3.05) is 13.1 Å². The molecular weight excluding hydrogens is 454 g/mol. The molecule has 4 unspecified atom stereocenters. The number of nitrogens with one attached hydrogen (secondary N) is 5. The third kappa shape index (κ3) is 9.65. The fourth-order valence-electron chi connectivity index (χ4n) is 4.01. The number of unbranched alkanes of at least 4 members (excludes halogenated alkanes) is 1. The number of nitrogens with two attached hydrogens (primary N) is 1. The molecule has 35 heavy (non-hydrogen) atoms. The Balaban J connectivity index is 2.09. The molecule has 12 nitrogen and oxygen atoms in total. The second-order valence-corrected chi connectivity index (χ2v) is 9.37. The molecule has 0 aromatic carbocycles. The van der Waals surface area contributed by atoms with Crippen molar-refractivity contribution in [1.82, 2.24) is 31.2 Å². The average Bonchev–Trinajstić information content (AvgIpc) is 3.51. The van der Waals surface area contributed by atoms with Crippen LogP contribution in [0, 0.1) is 5.92 Å².